The lowest BCUT2D eigenvalue weighted by Crippen LogP contribution is -2.46. The van der Waals surface area contributed by atoms with E-state index >= 15 is 0 Å². The van der Waals surface area contributed by atoms with Gasteiger partial charge in [0, 0.05) is 45.6 Å². The van der Waals surface area contributed by atoms with Gasteiger partial charge < -0.3 is 14.5 Å². The minimum absolute atomic E-state index is 0.101. The van der Waals surface area contributed by atoms with Gasteiger partial charge >= 0.3 is 0 Å². The Balaban J connectivity index is 1.71. The van der Waals surface area contributed by atoms with E-state index in [1.807, 2.05) is 9.80 Å². The van der Waals surface area contributed by atoms with Gasteiger partial charge in [0.1, 0.15) is 0 Å². The Morgan fingerprint density at radius 2 is 1.68 bits per heavy atom. The zero-order valence-corrected chi connectivity index (χ0v) is 13.6. The van der Waals surface area contributed by atoms with Crippen LogP contribution in [0.5, 0.6) is 0 Å². The van der Waals surface area contributed by atoms with Gasteiger partial charge in [-0.2, -0.15) is 0 Å². The van der Waals surface area contributed by atoms with Crippen molar-refractivity contribution in [3.8, 4) is 0 Å². The molecule has 0 aromatic heterocycles. The van der Waals surface area contributed by atoms with Gasteiger partial charge in [-0.05, 0) is 31.6 Å². The predicted molar refractivity (Wildman–Crippen MR) is 85.3 cm³/mol. The fourth-order valence-electron chi connectivity index (χ4n) is 3.34. The van der Waals surface area contributed by atoms with E-state index in [-0.39, 0.29) is 17.7 Å². The maximum Gasteiger partial charge on any atom is 0.225 e. The summed E-state index contributed by atoms with van der Waals surface area (Å²) in [6.45, 7) is 9.74. The maximum absolute atomic E-state index is 12.6. The molecule has 2 aliphatic heterocycles. The van der Waals surface area contributed by atoms with Gasteiger partial charge in [-0.1, -0.05) is 6.08 Å². The molecule has 124 valence electrons. The van der Waals surface area contributed by atoms with Crippen molar-refractivity contribution in [1.29, 1.82) is 0 Å². The SMILES string of the molecule is C=CCOCC1CCN(C(=O)C2CCN(C(C)=O)CC2)CC1. The van der Waals surface area contributed by atoms with E-state index < -0.39 is 0 Å². The molecule has 5 nitrogen and oxygen atoms in total. The lowest BCUT2D eigenvalue weighted by Gasteiger charge is -2.37. The van der Waals surface area contributed by atoms with Gasteiger partial charge in [0.15, 0.2) is 0 Å². The summed E-state index contributed by atoms with van der Waals surface area (Å²) in [5, 5.41) is 0. The van der Waals surface area contributed by atoms with Gasteiger partial charge in [-0.3, -0.25) is 9.59 Å². The second-order valence-corrected chi connectivity index (χ2v) is 6.38. The molecule has 0 aliphatic carbocycles. The molecule has 0 N–H and O–H groups in total. The molecule has 0 radical (unpaired) electrons. The number of amides is 2. The Hall–Kier alpha value is -1.36. The van der Waals surface area contributed by atoms with Crippen LogP contribution in [0.1, 0.15) is 32.6 Å². The minimum atomic E-state index is 0.101. The Kier molecular flexibility index (Phi) is 6.43. The second-order valence-electron chi connectivity index (χ2n) is 6.38. The number of piperidine rings is 2. The molecule has 2 aliphatic rings. The normalized spacial score (nSPS) is 21.0. The van der Waals surface area contributed by atoms with E-state index in [4.69, 9.17) is 4.74 Å². The fraction of sp³-hybridized carbons (Fsp3) is 0.765. The van der Waals surface area contributed by atoms with Crippen LogP contribution in [0, 0.1) is 11.8 Å². The summed E-state index contributed by atoms with van der Waals surface area (Å²) in [7, 11) is 0. The largest absolute Gasteiger partial charge is 0.377 e. The highest BCUT2D eigenvalue weighted by atomic mass is 16.5. The first-order valence-corrected chi connectivity index (χ1v) is 8.34. The van der Waals surface area contributed by atoms with Gasteiger partial charge in [0.2, 0.25) is 11.8 Å². The molecule has 0 atom stereocenters. The van der Waals surface area contributed by atoms with Gasteiger partial charge in [-0.15, -0.1) is 6.58 Å². The maximum atomic E-state index is 12.6. The molecule has 5 heteroatoms. The quantitative estimate of drug-likeness (QED) is 0.573. The van der Waals surface area contributed by atoms with E-state index in [1.165, 1.54) is 0 Å². The highest BCUT2D eigenvalue weighted by molar-refractivity contribution is 5.79. The van der Waals surface area contributed by atoms with Crippen molar-refractivity contribution in [2.24, 2.45) is 11.8 Å². The summed E-state index contributed by atoms with van der Waals surface area (Å²) in [5.74, 6) is 1.06. The van der Waals surface area contributed by atoms with Crippen LogP contribution in [0.25, 0.3) is 0 Å². The summed E-state index contributed by atoms with van der Waals surface area (Å²) in [4.78, 5) is 27.8. The van der Waals surface area contributed by atoms with Crippen molar-refractivity contribution < 1.29 is 14.3 Å². The standard InChI is InChI=1S/C17H28N2O3/c1-3-12-22-13-15-4-8-19(9-5-15)17(21)16-6-10-18(11-7-16)14(2)20/h3,15-16H,1,4-13H2,2H3. The summed E-state index contributed by atoms with van der Waals surface area (Å²) < 4.78 is 5.51. The molecular weight excluding hydrogens is 280 g/mol. The van der Waals surface area contributed by atoms with Gasteiger partial charge in [0.05, 0.1) is 6.61 Å². The molecule has 0 bridgehead atoms. The molecule has 0 aromatic rings. The summed E-state index contributed by atoms with van der Waals surface area (Å²) >= 11 is 0. The molecule has 22 heavy (non-hydrogen) atoms. The van der Waals surface area contributed by atoms with E-state index in [1.54, 1.807) is 13.0 Å². The first kappa shape index (κ1) is 17.0. The van der Waals surface area contributed by atoms with E-state index in [9.17, 15) is 9.59 Å². The lowest BCUT2D eigenvalue weighted by molar-refractivity contribution is -0.141. The van der Waals surface area contributed by atoms with Crippen molar-refractivity contribution >= 4 is 11.8 Å². The third-order valence-electron chi connectivity index (χ3n) is 4.80. The molecule has 2 rings (SSSR count). The smallest absolute Gasteiger partial charge is 0.225 e. The molecule has 0 spiro atoms. The van der Waals surface area contributed by atoms with Crippen LogP contribution in [0.15, 0.2) is 12.7 Å². The topological polar surface area (TPSA) is 49.9 Å². The number of rotatable bonds is 5. The zero-order chi connectivity index (χ0) is 15.9. The van der Waals surface area contributed by atoms with Crippen LogP contribution >= 0.6 is 0 Å². The number of likely N-dealkylation sites (tertiary alicyclic amines) is 2. The van der Waals surface area contributed by atoms with Crippen LogP contribution in [0.4, 0.5) is 0 Å². The van der Waals surface area contributed by atoms with Crippen molar-refractivity contribution in [3.63, 3.8) is 0 Å². The number of carbonyl (C=O) groups excluding carboxylic acids is 2. The fourth-order valence-corrected chi connectivity index (χ4v) is 3.34. The number of carbonyl (C=O) groups is 2. The number of ether oxygens (including phenoxy) is 1. The first-order chi connectivity index (χ1) is 10.6. The Morgan fingerprint density at radius 3 is 2.23 bits per heavy atom. The summed E-state index contributed by atoms with van der Waals surface area (Å²) in [5.41, 5.74) is 0. The molecule has 2 amide bonds. The van der Waals surface area contributed by atoms with Crippen molar-refractivity contribution in [2.45, 2.75) is 32.6 Å². The lowest BCUT2D eigenvalue weighted by atomic mass is 9.92. The van der Waals surface area contributed by atoms with Gasteiger partial charge in [-0.25, -0.2) is 0 Å². The molecule has 0 unspecified atom stereocenters. The number of hydrogen-bond donors (Lipinski definition) is 0. The van der Waals surface area contributed by atoms with E-state index in [2.05, 4.69) is 6.58 Å². The average molecular weight is 308 g/mol. The van der Waals surface area contributed by atoms with Crippen molar-refractivity contribution in [3.05, 3.63) is 12.7 Å². The van der Waals surface area contributed by atoms with E-state index in [0.29, 0.717) is 12.5 Å². The third-order valence-corrected chi connectivity index (χ3v) is 4.80. The number of hydrogen-bond acceptors (Lipinski definition) is 3. The number of nitrogens with zero attached hydrogens (tertiary/aromatic N) is 2. The molecular formula is C17H28N2O3. The Labute approximate surface area is 133 Å². The molecule has 0 saturated carbocycles. The third kappa shape index (κ3) is 4.57. The Bertz CT molecular complexity index is 395. The van der Waals surface area contributed by atoms with E-state index in [0.717, 1.165) is 58.5 Å². The molecule has 2 saturated heterocycles. The Morgan fingerprint density at radius 1 is 1.09 bits per heavy atom. The molecule has 2 fully saturated rings. The predicted octanol–water partition coefficient (Wildman–Crippen LogP) is 1.69. The van der Waals surface area contributed by atoms with Crippen molar-refractivity contribution in [2.75, 3.05) is 39.4 Å². The highest BCUT2D eigenvalue weighted by Crippen LogP contribution is 2.24. The van der Waals surface area contributed by atoms with Crippen LogP contribution in [0.3, 0.4) is 0 Å². The first-order valence-electron chi connectivity index (χ1n) is 8.34. The summed E-state index contributed by atoms with van der Waals surface area (Å²) in [6.07, 6.45) is 5.43. The van der Waals surface area contributed by atoms with Crippen LogP contribution in [0.2, 0.25) is 0 Å². The monoisotopic (exact) mass is 308 g/mol. The summed E-state index contributed by atoms with van der Waals surface area (Å²) in [6, 6.07) is 0. The minimum Gasteiger partial charge on any atom is -0.377 e. The molecule has 2 heterocycles. The van der Waals surface area contributed by atoms with Crippen LogP contribution in [-0.4, -0.2) is 61.0 Å². The van der Waals surface area contributed by atoms with Gasteiger partial charge in [0.25, 0.3) is 0 Å². The highest BCUT2D eigenvalue weighted by Gasteiger charge is 2.31. The molecule has 0 aromatic carbocycles. The average Bonchev–Trinajstić information content (AvgIpc) is 2.55. The second kappa shape index (κ2) is 8.32. The van der Waals surface area contributed by atoms with Crippen molar-refractivity contribution in [1.82, 2.24) is 9.80 Å². The van der Waals surface area contributed by atoms with Crippen LogP contribution < -0.4 is 0 Å². The zero-order valence-electron chi connectivity index (χ0n) is 13.6. The van der Waals surface area contributed by atoms with Crippen LogP contribution in [-0.2, 0) is 14.3 Å².